The molecule has 7 nitrogen and oxygen atoms in total. The van der Waals surface area contributed by atoms with Gasteiger partial charge in [0.1, 0.15) is 11.5 Å². The molecule has 0 radical (unpaired) electrons. The van der Waals surface area contributed by atoms with Crippen LogP contribution < -0.4 is 10.1 Å². The largest absolute Gasteiger partial charge is 0.457 e. The van der Waals surface area contributed by atoms with Gasteiger partial charge in [-0.3, -0.25) is 4.79 Å². The van der Waals surface area contributed by atoms with Crippen LogP contribution in [0.4, 0.5) is 0 Å². The van der Waals surface area contributed by atoms with E-state index in [0.717, 1.165) is 0 Å². The van der Waals surface area contributed by atoms with Gasteiger partial charge in [0.05, 0.1) is 22.6 Å². The summed E-state index contributed by atoms with van der Waals surface area (Å²) >= 11 is 0. The van der Waals surface area contributed by atoms with Gasteiger partial charge in [-0.2, -0.15) is 0 Å². The normalized spacial score (nSPS) is 20.3. The molecule has 0 aliphatic carbocycles. The highest BCUT2D eigenvalue weighted by atomic mass is 32.2. The van der Waals surface area contributed by atoms with Crippen molar-refractivity contribution in [3.05, 3.63) is 60.2 Å². The SMILES string of the molecule is C[C@@]1(NC(=O)COC(=O)c2ccc(Oc3ccccc3)cc2)CCS(=O)(=O)C1. The smallest absolute Gasteiger partial charge is 0.338 e. The lowest BCUT2D eigenvalue weighted by Crippen LogP contribution is -2.48. The van der Waals surface area contributed by atoms with Crippen molar-refractivity contribution < 1.29 is 27.5 Å². The minimum absolute atomic E-state index is 0.0426. The summed E-state index contributed by atoms with van der Waals surface area (Å²) in [7, 11) is -3.13. The zero-order valence-electron chi connectivity index (χ0n) is 15.4. The number of hydrogen-bond acceptors (Lipinski definition) is 6. The quantitative estimate of drug-likeness (QED) is 0.744. The number of hydrogen-bond donors (Lipinski definition) is 1. The van der Waals surface area contributed by atoms with Crippen LogP contribution in [0.5, 0.6) is 11.5 Å². The molecule has 1 N–H and O–H groups in total. The number of nitrogens with one attached hydrogen (secondary N) is 1. The second kappa shape index (κ2) is 8.02. The van der Waals surface area contributed by atoms with Crippen molar-refractivity contribution >= 4 is 21.7 Å². The highest BCUT2D eigenvalue weighted by molar-refractivity contribution is 7.91. The molecule has 8 heteroatoms. The van der Waals surface area contributed by atoms with Crippen molar-refractivity contribution in [2.75, 3.05) is 18.1 Å². The van der Waals surface area contributed by atoms with Crippen molar-refractivity contribution in [2.24, 2.45) is 0 Å². The van der Waals surface area contributed by atoms with Gasteiger partial charge in [-0.1, -0.05) is 18.2 Å². The monoisotopic (exact) mass is 403 g/mol. The maximum Gasteiger partial charge on any atom is 0.338 e. The Bertz CT molecular complexity index is 956. The number of rotatable bonds is 6. The topological polar surface area (TPSA) is 98.8 Å². The van der Waals surface area contributed by atoms with E-state index in [9.17, 15) is 18.0 Å². The molecule has 1 aliphatic heterocycles. The molecule has 3 rings (SSSR count). The number of para-hydroxylation sites is 1. The van der Waals surface area contributed by atoms with Crippen LogP contribution in [0, 0.1) is 0 Å². The van der Waals surface area contributed by atoms with Crippen LogP contribution in [0.25, 0.3) is 0 Å². The lowest BCUT2D eigenvalue weighted by molar-refractivity contribution is -0.125. The van der Waals surface area contributed by atoms with E-state index in [-0.39, 0.29) is 17.1 Å². The van der Waals surface area contributed by atoms with Crippen LogP contribution in [0.2, 0.25) is 0 Å². The summed E-state index contributed by atoms with van der Waals surface area (Å²) in [6.07, 6.45) is 0.345. The first-order valence-corrected chi connectivity index (χ1v) is 10.6. The molecule has 0 saturated carbocycles. The summed E-state index contributed by atoms with van der Waals surface area (Å²) < 4.78 is 33.8. The standard InChI is InChI=1S/C20H21NO6S/c1-20(11-12-28(24,25)14-20)21-18(22)13-26-19(23)15-7-9-17(10-8-15)27-16-5-3-2-4-6-16/h2-10H,11-14H2,1H3,(H,21,22)/t20-/m1/s1. The van der Waals surface area contributed by atoms with Gasteiger partial charge in [0.15, 0.2) is 16.4 Å². The lowest BCUT2D eigenvalue weighted by atomic mass is 10.0. The molecule has 2 aromatic rings. The third-order valence-corrected chi connectivity index (χ3v) is 6.25. The van der Waals surface area contributed by atoms with Crippen LogP contribution in [-0.4, -0.2) is 43.9 Å². The Morgan fingerprint density at radius 3 is 2.29 bits per heavy atom. The number of carbonyl (C=O) groups excluding carboxylic acids is 2. The predicted octanol–water partition coefficient (Wildman–Crippen LogP) is 2.33. The number of carbonyl (C=O) groups is 2. The molecule has 28 heavy (non-hydrogen) atoms. The van der Waals surface area contributed by atoms with Gasteiger partial charge in [0.25, 0.3) is 5.91 Å². The van der Waals surface area contributed by atoms with E-state index in [4.69, 9.17) is 9.47 Å². The predicted molar refractivity (Wildman–Crippen MR) is 103 cm³/mol. The summed E-state index contributed by atoms with van der Waals surface area (Å²) in [6.45, 7) is 1.19. The number of amides is 1. The Balaban J connectivity index is 1.50. The average molecular weight is 403 g/mol. The minimum Gasteiger partial charge on any atom is -0.457 e. The highest BCUT2D eigenvalue weighted by Gasteiger charge is 2.39. The number of ether oxygens (including phenoxy) is 2. The Labute approximate surface area is 163 Å². The van der Waals surface area contributed by atoms with Gasteiger partial charge in [-0.05, 0) is 49.7 Å². The maximum absolute atomic E-state index is 12.1. The number of sulfone groups is 1. The molecule has 0 bridgehead atoms. The van der Waals surface area contributed by atoms with Crippen molar-refractivity contribution in [2.45, 2.75) is 18.9 Å². The first-order chi connectivity index (χ1) is 13.2. The number of benzene rings is 2. The van der Waals surface area contributed by atoms with Gasteiger partial charge < -0.3 is 14.8 Å². The molecule has 0 aromatic heterocycles. The van der Waals surface area contributed by atoms with Crippen molar-refractivity contribution in [1.82, 2.24) is 5.32 Å². The first kappa shape index (κ1) is 19.9. The molecule has 1 atom stereocenters. The molecule has 1 saturated heterocycles. The van der Waals surface area contributed by atoms with Gasteiger partial charge >= 0.3 is 5.97 Å². The molecule has 0 spiro atoms. The summed E-state index contributed by atoms with van der Waals surface area (Å²) in [5, 5.41) is 2.64. The molecule has 2 aromatic carbocycles. The molecular formula is C20H21NO6S. The molecular weight excluding hydrogens is 382 g/mol. The molecule has 1 fully saturated rings. The van der Waals surface area contributed by atoms with Crippen molar-refractivity contribution in [1.29, 1.82) is 0 Å². The fourth-order valence-electron chi connectivity index (χ4n) is 2.98. The minimum atomic E-state index is -3.13. The van der Waals surface area contributed by atoms with E-state index >= 15 is 0 Å². The van der Waals surface area contributed by atoms with Gasteiger partial charge in [0, 0.05) is 0 Å². The summed E-state index contributed by atoms with van der Waals surface area (Å²) in [6, 6.07) is 15.6. The van der Waals surface area contributed by atoms with Crippen molar-refractivity contribution in [3.63, 3.8) is 0 Å². The fourth-order valence-corrected chi connectivity index (χ4v) is 5.07. The van der Waals surface area contributed by atoms with Crippen LogP contribution in [0.15, 0.2) is 54.6 Å². The zero-order chi connectivity index (χ0) is 20.2. The Hall–Kier alpha value is -2.87. The Morgan fingerprint density at radius 2 is 1.68 bits per heavy atom. The van der Waals surface area contributed by atoms with Crippen LogP contribution in [0.1, 0.15) is 23.7 Å². The van der Waals surface area contributed by atoms with E-state index in [1.807, 2.05) is 30.3 Å². The Kier molecular flexibility index (Phi) is 5.69. The van der Waals surface area contributed by atoms with E-state index in [1.54, 1.807) is 31.2 Å². The zero-order valence-corrected chi connectivity index (χ0v) is 16.2. The molecule has 148 valence electrons. The molecule has 1 heterocycles. The summed E-state index contributed by atoms with van der Waals surface area (Å²) in [5.41, 5.74) is -0.540. The molecule has 1 aliphatic rings. The summed E-state index contributed by atoms with van der Waals surface area (Å²) in [5.74, 6) is -0.000785. The number of esters is 1. The second-order valence-corrected chi connectivity index (χ2v) is 9.15. The third-order valence-electron chi connectivity index (χ3n) is 4.35. The average Bonchev–Trinajstić information content (AvgIpc) is 2.94. The Morgan fingerprint density at radius 1 is 1.04 bits per heavy atom. The van der Waals surface area contributed by atoms with E-state index in [2.05, 4.69) is 5.32 Å². The first-order valence-electron chi connectivity index (χ1n) is 8.76. The van der Waals surface area contributed by atoms with Crippen LogP contribution in [0.3, 0.4) is 0 Å². The maximum atomic E-state index is 12.1. The van der Waals surface area contributed by atoms with Crippen LogP contribution >= 0.6 is 0 Å². The van der Waals surface area contributed by atoms with Gasteiger partial charge in [-0.15, -0.1) is 0 Å². The summed E-state index contributed by atoms with van der Waals surface area (Å²) in [4.78, 5) is 24.1. The van der Waals surface area contributed by atoms with Gasteiger partial charge in [-0.25, -0.2) is 13.2 Å². The molecule has 1 amide bonds. The molecule has 0 unspecified atom stereocenters. The second-order valence-electron chi connectivity index (χ2n) is 6.97. The van der Waals surface area contributed by atoms with Gasteiger partial charge in [0.2, 0.25) is 0 Å². The lowest BCUT2D eigenvalue weighted by Gasteiger charge is -2.23. The van der Waals surface area contributed by atoms with Crippen molar-refractivity contribution in [3.8, 4) is 11.5 Å². The van der Waals surface area contributed by atoms with E-state index in [1.165, 1.54) is 0 Å². The third kappa shape index (κ3) is 5.32. The highest BCUT2D eigenvalue weighted by Crippen LogP contribution is 2.23. The van der Waals surface area contributed by atoms with E-state index < -0.39 is 33.9 Å². The van der Waals surface area contributed by atoms with Crippen LogP contribution in [-0.2, 0) is 19.4 Å². The van der Waals surface area contributed by atoms with E-state index in [0.29, 0.717) is 17.9 Å². The fraction of sp³-hybridized carbons (Fsp3) is 0.300.